The monoisotopic (exact) mass is 352 g/mol. The molecular weight excluding hydrogens is 339 g/mol. The normalized spacial score (nSPS) is 10.1. The minimum atomic E-state index is -1.11. The Morgan fingerprint density at radius 1 is 1.29 bits per heavy atom. The molecule has 0 spiro atoms. The number of hydrogen-bond donors (Lipinski definition) is 2. The first kappa shape index (κ1) is 17.6. The number of carbonyl (C=O) groups is 2. The van der Waals surface area contributed by atoms with E-state index in [-0.39, 0.29) is 23.0 Å². The van der Waals surface area contributed by atoms with Gasteiger partial charge in [-0.1, -0.05) is 17.7 Å². The Balaban J connectivity index is 2.08. The molecule has 0 unspecified atom stereocenters. The Morgan fingerprint density at radius 3 is 2.67 bits per heavy atom. The van der Waals surface area contributed by atoms with Crippen molar-refractivity contribution in [2.45, 2.75) is 6.92 Å². The van der Waals surface area contributed by atoms with Gasteiger partial charge < -0.3 is 9.84 Å². The molecule has 0 saturated heterocycles. The van der Waals surface area contributed by atoms with Crippen LogP contribution in [-0.4, -0.2) is 23.8 Å². The van der Waals surface area contributed by atoms with Crippen molar-refractivity contribution < 1.29 is 23.8 Å². The predicted molar refractivity (Wildman–Crippen MR) is 88.5 cm³/mol. The summed E-state index contributed by atoms with van der Waals surface area (Å²) in [5, 5.41) is 11.4. The topological polar surface area (TPSA) is 78.9 Å². The van der Waals surface area contributed by atoms with Crippen LogP contribution in [0.5, 0.6) is 5.75 Å². The number of carboxylic acid groups (broad SMARTS) is 1. The van der Waals surface area contributed by atoms with Crippen LogP contribution >= 0.6 is 11.6 Å². The molecule has 0 fully saturated rings. The summed E-state index contributed by atoms with van der Waals surface area (Å²) >= 11 is 5.63. The number of amides is 2. The van der Waals surface area contributed by atoms with Crippen LogP contribution in [0.15, 0.2) is 42.5 Å². The molecule has 2 rings (SSSR count). The van der Waals surface area contributed by atoms with Crippen LogP contribution in [0.3, 0.4) is 0 Å². The zero-order chi connectivity index (χ0) is 17.7. The molecule has 0 aromatic heterocycles. The average molecular weight is 353 g/mol. The summed E-state index contributed by atoms with van der Waals surface area (Å²) in [7, 11) is 0. The van der Waals surface area contributed by atoms with Crippen LogP contribution in [0.4, 0.5) is 25.4 Å². The molecule has 2 amide bonds. The van der Waals surface area contributed by atoms with Crippen molar-refractivity contribution >= 4 is 35.2 Å². The SMILES string of the molecule is CCN(C(=O)O)c1cccc(OC(=O)Nc2ccc(F)c(Cl)c2)c1. The van der Waals surface area contributed by atoms with Crippen molar-refractivity contribution in [3.63, 3.8) is 0 Å². The third-order valence-electron chi connectivity index (χ3n) is 3.05. The van der Waals surface area contributed by atoms with Gasteiger partial charge in [-0.2, -0.15) is 0 Å². The second-order valence-electron chi connectivity index (χ2n) is 4.67. The third kappa shape index (κ3) is 4.36. The number of ether oxygens (including phenoxy) is 1. The fraction of sp³-hybridized carbons (Fsp3) is 0.125. The Labute approximate surface area is 142 Å². The fourth-order valence-corrected chi connectivity index (χ4v) is 2.15. The second kappa shape index (κ2) is 7.65. The largest absolute Gasteiger partial charge is 0.465 e. The molecule has 2 N–H and O–H groups in total. The highest BCUT2D eigenvalue weighted by molar-refractivity contribution is 6.31. The minimum absolute atomic E-state index is 0.130. The molecule has 2 aromatic rings. The molecule has 0 aliphatic rings. The van der Waals surface area contributed by atoms with Gasteiger partial charge >= 0.3 is 12.2 Å². The highest BCUT2D eigenvalue weighted by Gasteiger charge is 2.13. The van der Waals surface area contributed by atoms with E-state index in [0.717, 1.165) is 11.0 Å². The van der Waals surface area contributed by atoms with Gasteiger partial charge in [-0.15, -0.1) is 0 Å². The maximum atomic E-state index is 13.1. The van der Waals surface area contributed by atoms with Crippen molar-refractivity contribution in [3.05, 3.63) is 53.3 Å². The van der Waals surface area contributed by atoms with Gasteiger partial charge in [-0.05, 0) is 37.3 Å². The number of hydrogen-bond acceptors (Lipinski definition) is 3. The van der Waals surface area contributed by atoms with Crippen LogP contribution < -0.4 is 15.0 Å². The quantitative estimate of drug-likeness (QED) is 0.843. The molecule has 0 aliphatic carbocycles. The lowest BCUT2D eigenvalue weighted by atomic mass is 10.3. The van der Waals surface area contributed by atoms with Crippen molar-refractivity contribution in [1.29, 1.82) is 0 Å². The highest BCUT2D eigenvalue weighted by Crippen LogP contribution is 2.23. The summed E-state index contributed by atoms with van der Waals surface area (Å²) in [4.78, 5) is 24.1. The van der Waals surface area contributed by atoms with Crippen molar-refractivity contribution in [2.75, 3.05) is 16.8 Å². The number of nitrogens with one attached hydrogen (secondary N) is 1. The van der Waals surface area contributed by atoms with E-state index in [4.69, 9.17) is 21.4 Å². The van der Waals surface area contributed by atoms with E-state index < -0.39 is 18.0 Å². The smallest absolute Gasteiger partial charge is 0.417 e. The van der Waals surface area contributed by atoms with Crippen LogP contribution in [0.2, 0.25) is 5.02 Å². The van der Waals surface area contributed by atoms with E-state index in [9.17, 15) is 14.0 Å². The minimum Gasteiger partial charge on any atom is -0.465 e. The second-order valence-corrected chi connectivity index (χ2v) is 5.07. The molecule has 0 radical (unpaired) electrons. The first-order chi connectivity index (χ1) is 11.4. The third-order valence-corrected chi connectivity index (χ3v) is 3.34. The van der Waals surface area contributed by atoms with Crippen molar-refractivity contribution in [1.82, 2.24) is 0 Å². The highest BCUT2D eigenvalue weighted by atomic mass is 35.5. The number of carbonyl (C=O) groups excluding carboxylic acids is 1. The Bertz CT molecular complexity index is 769. The molecular formula is C16H14ClFN2O4. The molecule has 6 nitrogen and oxygen atoms in total. The van der Waals surface area contributed by atoms with Gasteiger partial charge in [-0.3, -0.25) is 10.2 Å². The molecule has 8 heteroatoms. The van der Waals surface area contributed by atoms with E-state index in [1.165, 1.54) is 24.3 Å². The van der Waals surface area contributed by atoms with Gasteiger partial charge in [0, 0.05) is 18.3 Å². The van der Waals surface area contributed by atoms with Gasteiger partial charge in [0.1, 0.15) is 11.6 Å². The first-order valence-electron chi connectivity index (χ1n) is 6.95. The van der Waals surface area contributed by atoms with E-state index in [2.05, 4.69) is 5.32 Å². The number of rotatable bonds is 4. The van der Waals surface area contributed by atoms with Crippen LogP contribution in [0.25, 0.3) is 0 Å². The van der Waals surface area contributed by atoms with Crippen molar-refractivity contribution in [2.24, 2.45) is 0 Å². The molecule has 126 valence electrons. The maximum absolute atomic E-state index is 13.1. The lowest BCUT2D eigenvalue weighted by Gasteiger charge is -2.17. The van der Waals surface area contributed by atoms with Gasteiger partial charge in [0.05, 0.1) is 10.7 Å². The molecule has 0 bridgehead atoms. The van der Waals surface area contributed by atoms with Crippen molar-refractivity contribution in [3.8, 4) is 5.75 Å². The maximum Gasteiger partial charge on any atom is 0.417 e. The van der Waals surface area contributed by atoms with E-state index >= 15 is 0 Å². The Kier molecular flexibility index (Phi) is 5.59. The van der Waals surface area contributed by atoms with Gasteiger partial charge in [0.25, 0.3) is 0 Å². The van der Waals surface area contributed by atoms with Crippen LogP contribution in [0, 0.1) is 5.82 Å². The van der Waals surface area contributed by atoms with Gasteiger partial charge in [0.15, 0.2) is 0 Å². The summed E-state index contributed by atoms with van der Waals surface area (Å²) in [6.45, 7) is 1.94. The molecule has 0 aliphatic heterocycles. The number of anilines is 2. The zero-order valence-electron chi connectivity index (χ0n) is 12.6. The standard InChI is InChI=1S/C16H14ClFN2O4/c1-2-20(16(22)23)11-4-3-5-12(9-11)24-15(21)19-10-6-7-14(18)13(17)8-10/h3-9H,2H2,1H3,(H,19,21)(H,22,23). The number of benzene rings is 2. The summed E-state index contributed by atoms with van der Waals surface area (Å²) in [6.07, 6.45) is -1.92. The molecule has 2 aromatic carbocycles. The molecule has 0 heterocycles. The average Bonchev–Trinajstić information content (AvgIpc) is 2.51. The zero-order valence-corrected chi connectivity index (χ0v) is 13.4. The Hall–Kier alpha value is -2.80. The fourth-order valence-electron chi connectivity index (χ4n) is 1.97. The molecule has 0 atom stereocenters. The first-order valence-corrected chi connectivity index (χ1v) is 7.33. The lowest BCUT2D eigenvalue weighted by Crippen LogP contribution is -2.28. The van der Waals surface area contributed by atoms with E-state index in [1.54, 1.807) is 19.1 Å². The summed E-state index contributed by atoms with van der Waals surface area (Å²) in [5.41, 5.74) is 0.642. The van der Waals surface area contributed by atoms with E-state index in [1.807, 2.05) is 0 Å². The number of nitrogens with zero attached hydrogens (tertiary/aromatic N) is 1. The summed E-state index contributed by atoms with van der Waals surface area (Å²) < 4.78 is 18.2. The van der Waals surface area contributed by atoms with E-state index in [0.29, 0.717) is 5.69 Å². The van der Waals surface area contributed by atoms with Gasteiger partial charge in [0.2, 0.25) is 0 Å². The van der Waals surface area contributed by atoms with Crippen LogP contribution in [-0.2, 0) is 0 Å². The molecule has 24 heavy (non-hydrogen) atoms. The van der Waals surface area contributed by atoms with Gasteiger partial charge in [-0.25, -0.2) is 14.0 Å². The molecule has 0 saturated carbocycles. The lowest BCUT2D eigenvalue weighted by molar-refractivity contribution is 0.202. The van der Waals surface area contributed by atoms with Crippen LogP contribution in [0.1, 0.15) is 6.92 Å². The Morgan fingerprint density at radius 2 is 2.04 bits per heavy atom. The number of halogens is 2. The summed E-state index contributed by atoms with van der Waals surface area (Å²) in [6, 6.07) is 9.79. The predicted octanol–water partition coefficient (Wildman–Crippen LogP) is 4.59. The summed E-state index contributed by atoms with van der Waals surface area (Å²) in [5.74, 6) is -0.436.